The molecule has 4 atom stereocenters. The molecule has 0 aromatic carbocycles. The smallest absolute Gasteiger partial charge is 0.0623 e. The van der Waals surface area contributed by atoms with Crippen LogP contribution in [0.25, 0.3) is 0 Å². The van der Waals surface area contributed by atoms with E-state index >= 15 is 0 Å². The third-order valence-corrected chi connectivity index (χ3v) is 5.13. The fourth-order valence-electron chi connectivity index (χ4n) is 3.81. The molecule has 0 amide bonds. The number of ether oxygens (including phenoxy) is 2. The van der Waals surface area contributed by atoms with E-state index in [1.165, 1.54) is 25.7 Å². The molecule has 3 rings (SSSR count). The quantitative estimate of drug-likeness (QED) is 0.827. The predicted molar refractivity (Wildman–Crippen MR) is 82.5 cm³/mol. The van der Waals surface area contributed by atoms with Gasteiger partial charge in [0.2, 0.25) is 0 Å². The lowest BCUT2D eigenvalue weighted by atomic mass is 9.88. The van der Waals surface area contributed by atoms with Gasteiger partial charge in [-0.1, -0.05) is 13.3 Å². The summed E-state index contributed by atoms with van der Waals surface area (Å²) in [5.41, 5.74) is 0.351. The van der Waals surface area contributed by atoms with Gasteiger partial charge in [-0.25, -0.2) is 0 Å². The molecule has 3 aliphatic rings. The third kappa shape index (κ3) is 3.86. The van der Waals surface area contributed by atoms with Crippen LogP contribution < -0.4 is 10.6 Å². The number of rotatable bonds is 4. The van der Waals surface area contributed by atoms with E-state index in [0.717, 1.165) is 45.4 Å². The van der Waals surface area contributed by atoms with Crippen molar-refractivity contribution in [2.45, 2.75) is 44.7 Å². The highest BCUT2D eigenvalue weighted by Crippen LogP contribution is 2.32. The highest BCUT2D eigenvalue weighted by atomic mass is 35.5. The Morgan fingerprint density at radius 3 is 2.85 bits per heavy atom. The molecule has 4 nitrogen and oxygen atoms in total. The summed E-state index contributed by atoms with van der Waals surface area (Å²) in [5.74, 6) is 0.742. The average molecular weight is 305 g/mol. The molecule has 0 aromatic rings. The molecule has 4 unspecified atom stereocenters. The highest BCUT2D eigenvalue weighted by Gasteiger charge is 2.36. The number of halogens is 1. The van der Waals surface area contributed by atoms with Crippen LogP contribution in [0.2, 0.25) is 0 Å². The highest BCUT2D eigenvalue weighted by molar-refractivity contribution is 5.85. The van der Waals surface area contributed by atoms with Gasteiger partial charge in [-0.3, -0.25) is 0 Å². The van der Waals surface area contributed by atoms with Crippen molar-refractivity contribution in [1.29, 1.82) is 0 Å². The Morgan fingerprint density at radius 1 is 1.25 bits per heavy atom. The molecule has 2 aliphatic heterocycles. The van der Waals surface area contributed by atoms with E-state index < -0.39 is 0 Å². The molecule has 118 valence electrons. The average Bonchev–Trinajstić information content (AvgIpc) is 3.07. The Morgan fingerprint density at radius 2 is 2.15 bits per heavy atom. The molecule has 1 saturated carbocycles. The summed E-state index contributed by atoms with van der Waals surface area (Å²) in [7, 11) is 0. The van der Waals surface area contributed by atoms with Gasteiger partial charge < -0.3 is 20.1 Å². The van der Waals surface area contributed by atoms with Crippen LogP contribution in [0.4, 0.5) is 0 Å². The molecular weight excluding hydrogens is 276 g/mol. The minimum absolute atomic E-state index is 0. The van der Waals surface area contributed by atoms with Gasteiger partial charge in [0.25, 0.3) is 0 Å². The first-order valence-electron chi connectivity index (χ1n) is 7.89. The minimum Gasteiger partial charge on any atom is -0.381 e. The van der Waals surface area contributed by atoms with Gasteiger partial charge in [0.05, 0.1) is 19.8 Å². The zero-order valence-corrected chi connectivity index (χ0v) is 13.3. The van der Waals surface area contributed by atoms with Crippen molar-refractivity contribution in [1.82, 2.24) is 10.6 Å². The molecule has 0 aromatic heterocycles. The van der Waals surface area contributed by atoms with E-state index in [1.807, 2.05) is 0 Å². The summed E-state index contributed by atoms with van der Waals surface area (Å²) in [5, 5.41) is 7.47. The van der Waals surface area contributed by atoms with E-state index in [9.17, 15) is 0 Å². The molecule has 0 radical (unpaired) electrons. The SMILES string of the molecule is CC1(CNC2CCCC2C2COCCN2)CCOC1.Cl. The van der Waals surface area contributed by atoms with Gasteiger partial charge >= 0.3 is 0 Å². The van der Waals surface area contributed by atoms with Crippen LogP contribution in [0.5, 0.6) is 0 Å². The van der Waals surface area contributed by atoms with Crippen molar-refractivity contribution in [3.05, 3.63) is 0 Å². The van der Waals surface area contributed by atoms with Gasteiger partial charge in [0.15, 0.2) is 0 Å². The molecule has 2 heterocycles. The van der Waals surface area contributed by atoms with Crippen LogP contribution in [0.3, 0.4) is 0 Å². The molecule has 0 spiro atoms. The first kappa shape index (κ1) is 16.5. The van der Waals surface area contributed by atoms with Gasteiger partial charge in [-0.2, -0.15) is 0 Å². The number of hydrogen-bond donors (Lipinski definition) is 2. The standard InChI is InChI=1S/C15H28N2O2.ClH/c1-15(5-7-19-11-15)10-17-13-4-2-3-12(13)14-9-18-8-6-16-14;/h12-14,16-17H,2-11H2,1H3;1H. The van der Waals surface area contributed by atoms with Crippen LogP contribution in [-0.4, -0.2) is 51.6 Å². The van der Waals surface area contributed by atoms with E-state index in [0.29, 0.717) is 17.5 Å². The summed E-state index contributed by atoms with van der Waals surface area (Å²) in [6.07, 6.45) is 5.21. The van der Waals surface area contributed by atoms with Crippen LogP contribution in [-0.2, 0) is 9.47 Å². The van der Waals surface area contributed by atoms with Crippen LogP contribution in [0, 0.1) is 11.3 Å². The van der Waals surface area contributed by atoms with E-state index in [4.69, 9.17) is 9.47 Å². The maximum atomic E-state index is 5.63. The zero-order chi connectivity index (χ0) is 13.1. The maximum absolute atomic E-state index is 5.63. The number of morpholine rings is 1. The van der Waals surface area contributed by atoms with E-state index in [1.54, 1.807) is 0 Å². The van der Waals surface area contributed by atoms with E-state index in [-0.39, 0.29) is 12.4 Å². The summed E-state index contributed by atoms with van der Waals surface area (Å²) < 4.78 is 11.2. The van der Waals surface area contributed by atoms with Crippen molar-refractivity contribution in [3.8, 4) is 0 Å². The lowest BCUT2D eigenvalue weighted by molar-refractivity contribution is 0.0515. The Hall–Kier alpha value is 0.130. The van der Waals surface area contributed by atoms with Crippen molar-refractivity contribution in [3.63, 3.8) is 0 Å². The van der Waals surface area contributed by atoms with Gasteiger partial charge in [-0.05, 0) is 25.2 Å². The second-order valence-electron chi connectivity index (χ2n) is 6.83. The Balaban J connectivity index is 0.00000147. The van der Waals surface area contributed by atoms with Crippen LogP contribution >= 0.6 is 12.4 Å². The second-order valence-corrected chi connectivity index (χ2v) is 6.83. The van der Waals surface area contributed by atoms with Gasteiger partial charge in [0, 0.05) is 37.2 Å². The van der Waals surface area contributed by atoms with Crippen molar-refractivity contribution < 1.29 is 9.47 Å². The lowest BCUT2D eigenvalue weighted by Crippen LogP contribution is -2.52. The van der Waals surface area contributed by atoms with Crippen molar-refractivity contribution in [2.75, 3.05) is 39.5 Å². The number of hydrogen-bond acceptors (Lipinski definition) is 4. The van der Waals surface area contributed by atoms with Gasteiger partial charge in [0.1, 0.15) is 0 Å². The third-order valence-electron chi connectivity index (χ3n) is 5.13. The molecule has 1 aliphatic carbocycles. The van der Waals surface area contributed by atoms with Crippen molar-refractivity contribution in [2.24, 2.45) is 11.3 Å². The topological polar surface area (TPSA) is 42.5 Å². The second kappa shape index (κ2) is 7.41. The lowest BCUT2D eigenvalue weighted by Gasteiger charge is -2.34. The first-order chi connectivity index (χ1) is 9.27. The normalized spacial score (nSPS) is 41.5. The largest absolute Gasteiger partial charge is 0.381 e. The van der Waals surface area contributed by atoms with Crippen LogP contribution in [0.1, 0.15) is 32.6 Å². The molecular formula is C15H29ClN2O2. The molecule has 3 fully saturated rings. The molecule has 5 heteroatoms. The zero-order valence-electron chi connectivity index (χ0n) is 12.5. The monoisotopic (exact) mass is 304 g/mol. The first-order valence-corrected chi connectivity index (χ1v) is 7.89. The van der Waals surface area contributed by atoms with E-state index in [2.05, 4.69) is 17.6 Å². The Kier molecular flexibility index (Phi) is 6.11. The summed E-state index contributed by atoms with van der Waals surface area (Å²) >= 11 is 0. The molecule has 2 saturated heterocycles. The molecule has 0 bridgehead atoms. The molecule has 20 heavy (non-hydrogen) atoms. The summed E-state index contributed by atoms with van der Waals surface area (Å²) in [6.45, 7) is 8.08. The predicted octanol–water partition coefficient (Wildman–Crippen LogP) is 1.58. The summed E-state index contributed by atoms with van der Waals surface area (Å²) in [6, 6.07) is 1.22. The Bertz CT molecular complexity index is 292. The molecule has 2 N–H and O–H groups in total. The fraction of sp³-hybridized carbons (Fsp3) is 1.00. The maximum Gasteiger partial charge on any atom is 0.0623 e. The number of nitrogens with one attached hydrogen (secondary N) is 2. The summed E-state index contributed by atoms with van der Waals surface area (Å²) in [4.78, 5) is 0. The minimum atomic E-state index is 0. The van der Waals surface area contributed by atoms with Crippen molar-refractivity contribution >= 4 is 12.4 Å². The van der Waals surface area contributed by atoms with Gasteiger partial charge in [-0.15, -0.1) is 12.4 Å². The van der Waals surface area contributed by atoms with Crippen LogP contribution in [0.15, 0.2) is 0 Å². The fourth-order valence-corrected chi connectivity index (χ4v) is 3.81. The Labute approximate surface area is 128 Å².